The van der Waals surface area contributed by atoms with Crippen LogP contribution in [0.25, 0.3) is 22.3 Å². The standard InChI is InChI=1S/C23H23N5O3/c1-4-31-18-8-6-5-7-16(18)26-22-21-17(27-23(24)28-22)11-10-15(25-21)14-9-12-19(29-2)20(13-14)30-3/h5-13H,4H2,1-3H3,(H3,24,26,27,28). The van der Waals surface area contributed by atoms with Gasteiger partial charge < -0.3 is 25.3 Å². The van der Waals surface area contributed by atoms with Crippen molar-refractivity contribution in [2.75, 3.05) is 31.9 Å². The molecule has 0 bridgehead atoms. The number of pyridine rings is 1. The number of ether oxygens (including phenoxy) is 3. The third kappa shape index (κ3) is 4.13. The van der Waals surface area contributed by atoms with Gasteiger partial charge in [-0.1, -0.05) is 12.1 Å². The van der Waals surface area contributed by atoms with Crippen molar-refractivity contribution >= 4 is 28.5 Å². The Labute approximate surface area is 180 Å². The summed E-state index contributed by atoms with van der Waals surface area (Å²) in [6.07, 6.45) is 0. The van der Waals surface area contributed by atoms with Gasteiger partial charge in [0.2, 0.25) is 5.95 Å². The molecule has 0 aliphatic rings. The first-order chi connectivity index (χ1) is 15.1. The minimum atomic E-state index is 0.157. The highest BCUT2D eigenvalue weighted by atomic mass is 16.5. The molecule has 0 amide bonds. The van der Waals surface area contributed by atoms with E-state index in [1.807, 2.05) is 61.5 Å². The number of benzene rings is 2. The second-order valence-electron chi connectivity index (χ2n) is 6.62. The van der Waals surface area contributed by atoms with Gasteiger partial charge in [-0.05, 0) is 49.4 Å². The van der Waals surface area contributed by atoms with Crippen LogP contribution in [0.1, 0.15) is 6.92 Å². The zero-order valence-electron chi connectivity index (χ0n) is 17.5. The van der Waals surface area contributed by atoms with Crippen molar-refractivity contribution in [1.82, 2.24) is 15.0 Å². The quantitative estimate of drug-likeness (QED) is 0.455. The predicted octanol–water partition coefficient (Wildman–Crippen LogP) is 4.43. The van der Waals surface area contributed by atoms with Crippen molar-refractivity contribution < 1.29 is 14.2 Å². The molecule has 0 unspecified atom stereocenters. The van der Waals surface area contributed by atoms with Gasteiger partial charge in [-0.2, -0.15) is 4.98 Å². The molecular weight excluding hydrogens is 394 g/mol. The molecule has 2 heterocycles. The lowest BCUT2D eigenvalue weighted by Crippen LogP contribution is -2.04. The maximum atomic E-state index is 5.94. The number of aromatic nitrogens is 3. The molecule has 0 radical (unpaired) electrons. The fraction of sp³-hybridized carbons (Fsp3) is 0.174. The first-order valence-corrected chi connectivity index (χ1v) is 9.78. The highest BCUT2D eigenvalue weighted by Gasteiger charge is 2.13. The molecule has 0 spiro atoms. The first-order valence-electron chi connectivity index (χ1n) is 9.78. The summed E-state index contributed by atoms with van der Waals surface area (Å²) in [6, 6.07) is 17.0. The second-order valence-corrected chi connectivity index (χ2v) is 6.62. The van der Waals surface area contributed by atoms with Crippen LogP contribution in [0.2, 0.25) is 0 Å². The molecule has 8 heteroatoms. The summed E-state index contributed by atoms with van der Waals surface area (Å²) in [7, 11) is 3.20. The highest BCUT2D eigenvalue weighted by molar-refractivity contribution is 5.90. The molecule has 2 aromatic heterocycles. The van der Waals surface area contributed by atoms with Crippen LogP contribution in [-0.2, 0) is 0 Å². The first kappa shape index (κ1) is 20.2. The molecule has 2 aromatic carbocycles. The fourth-order valence-electron chi connectivity index (χ4n) is 3.25. The summed E-state index contributed by atoms with van der Waals surface area (Å²) in [5.41, 5.74) is 9.54. The van der Waals surface area contributed by atoms with Crippen LogP contribution in [0.4, 0.5) is 17.5 Å². The highest BCUT2D eigenvalue weighted by Crippen LogP contribution is 2.34. The largest absolute Gasteiger partial charge is 0.493 e. The number of fused-ring (bicyclic) bond motifs is 1. The Morgan fingerprint density at radius 3 is 2.45 bits per heavy atom. The van der Waals surface area contributed by atoms with E-state index in [-0.39, 0.29) is 5.95 Å². The Morgan fingerprint density at radius 2 is 1.68 bits per heavy atom. The van der Waals surface area contributed by atoms with Crippen LogP contribution >= 0.6 is 0 Å². The van der Waals surface area contributed by atoms with E-state index in [2.05, 4.69) is 15.3 Å². The number of nitrogens with one attached hydrogen (secondary N) is 1. The Morgan fingerprint density at radius 1 is 0.871 bits per heavy atom. The lowest BCUT2D eigenvalue weighted by atomic mass is 10.1. The Hall–Kier alpha value is -4.07. The van der Waals surface area contributed by atoms with E-state index < -0.39 is 0 Å². The van der Waals surface area contributed by atoms with Crippen LogP contribution in [-0.4, -0.2) is 35.8 Å². The number of hydrogen-bond donors (Lipinski definition) is 2. The van der Waals surface area contributed by atoms with Gasteiger partial charge in [0.05, 0.1) is 37.7 Å². The predicted molar refractivity (Wildman–Crippen MR) is 121 cm³/mol. The van der Waals surface area contributed by atoms with E-state index in [1.165, 1.54) is 0 Å². The van der Waals surface area contributed by atoms with E-state index in [0.29, 0.717) is 40.7 Å². The Bertz CT molecular complexity index is 1230. The topological polar surface area (TPSA) is 104 Å². The van der Waals surface area contributed by atoms with Gasteiger partial charge in [-0.15, -0.1) is 0 Å². The summed E-state index contributed by atoms with van der Waals surface area (Å²) >= 11 is 0. The molecule has 0 aliphatic heterocycles. The van der Waals surface area contributed by atoms with E-state index in [4.69, 9.17) is 24.9 Å². The molecule has 3 N–H and O–H groups in total. The minimum Gasteiger partial charge on any atom is -0.493 e. The average molecular weight is 417 g/mol. The molecule has 31 heavy (non-hydrogen) atoms. The summed E-state index contributed by atoms with van der Waals surface area (Å²) < 4.78 is 16.5. The van der Waals surface area contributed by atoms with Gasteiger partial charge in [0, 0.05) is 5.56 Å². The van der Waals surface area contributed by atoms with Crippen LogP contribution in [0.3, 0.4) is 0 Å². The van der Waals surface area contributed by atoms with Gasteiger partial charge >= 0.3 is 0 Å². The van der Waals surface area contributed by atoms with Crippen molar-refractivity contribution in [3.63, 3.8) is 0 Å². The van der Waals surface area contributed by atoms with Gasteiger partial charge in [-0.3, -0.25) is 0 Å². The second kappa shape index (κ2) is 8.74. The molecular formula is C23H23N5O3. The smallest absolute Gasteiger partial charge is 0.222 e. The van der Waals surface area contributed by atoms with E-state index in [0.717, 1.165) is 16.9 Å². The Kier molecular flexibility index (Phi) is 5.70. The molecule has 4 aromatic rings. The van der Waals surface area contributed by atoms with Crippen LogP contribution in [0, 0.1) is 0 Å². The number of hydrogen-bond acceptors (Lipinski definition) is 8. The molecule has 0 fully saturated rings. The molecule has 4 rings (SSSR count). The van der Waals surface area contributed by atoms with E-state index in [1.54, 1.807) is 14.2 Å². The SMILES string of the molecule is CCOc1ccccc1Nc1nc(N)nc2ccc(-c3ccc(OC)c(OC)c3)nc12. The van der Waals surface area contributed by atoms with Gasteiger partial charge in [0.1, 0.15) is 11.3 Å². The zero-order chi connectivity index (χ0) is 21.8. The van der Waals surface area contributed by atoms with Crippen molar-refractivity contribution in [2.45, 2.75) is 6.92 Å². The minimum absolute atomic E-state index is 0.157. The van der Waals surface area contributed by atoms with Gasteiger partial charge in [0.25, 0.3) is 0 Å². The maximum absolute atomic E-state index is 5.94. The van der Waals surface area contributed by atoms with Gasteiger partial charge in [0.15, 0.2) is 17.3 Å². The average Bonchev–Trinajstić information content (AvgIpc) is 2.79. The molecule has 0 saturated heterocycles. The van der Waals surface area contributed by atoms with Crippen LogP contribution in [0.5, 0.6) is 17.2 Å². The van der Waals surface area contributed by atoms with Gasteiger partial charge in [-0.25, -0.2) is 9.97 Å². The Balaban J connectivity index is 1.80. The lowest BCUT2D eigenvalue weighted by Gasteiger charge is -2.14. The number of anilines is 3. The van der Waals surface area contributed by atoms with Crippen LogP contribution in [0.15, 0.2) is 54.6 Å². The molecule has 0 atom stereocenters. The van der Waals surface area contributed by atoms with Crippen molar-refractivity contribution in [1.29, 1.82) is 0 Å². The van der Waals surface area contributed by atoms with Crippen molar-refractivity contribution in [3.05, 3.63) is 54.6 Å². The van der Waals surface area contributed by atoms with E-state index in [9.17, 15) is 0 Å². The fourth-order valence-corrected chi connectivity index (χ4v) is 3.25. The molecule has 0 aliphatic carbocycles. The third-order valence-corrected chi connectivity index (χ3v) is 4.68. The number of nitrogens with two attached hydrogens (primary N) is 1. The molecule has 0 saturated carbocycles. The monoisotopic (exact) mass is 417 g/mol. The normalized spacial score (nSPS) is 10.7. The molecule has 8 nitrogen and oxygen atoms in total. The van der Waals surface area contributed by atoms with E-state index >= 15 is 0 Å². The maximum Gasteiger partial charge on any atom is 0.222 e. The lowest BCUT2D eigenvalue weighted by molar-refractivity contribution is 0.342. The summed E-state index contributed by atoms with van der Waals surface area (Å²) in [5.74, 6) is 2.64. The number of rotatable bonds is 7. The number of para-hydroxylation sites is 2. The number of nitrogens with zero attached hydrogens (tertiary/aromatic N) is 3. The number of nitrogen functional groups attached to an aromatic ring is 1. The third-order valence-electron chi connectivity index (χ3n) is 4.68. The van der Waals surface area contributed by atoms with Crippen molar-refractivity contribution in [3.8, 4) is 28.5 Å². The zero-order valence-corrected chi connectivity index (χ0v) is 17.5. The summed E-state index contributed by atoms with van der Waals surface area (Å²) in [6.45, 7) is 2.48. The molecule has 158 valence electrons. The number of methoxy groups -OCH3 is 2. The summed E-state index contributed by atoms with van der Waals surface area (Å²) in [5, 5.41) is 3.30. The van der Waals surface area contributed by atoms with Crippen LogP contribution < -0.4 is 25.3 Å². The van der Waals surface area contributed by atoms with Crippen molar-refractivity contribution in [2.24, 2.45) is 0 Å². The summed E-state index contributed by atoms with van der Waals surface area (Å²) in [4.78, 5) is 13.5.